The summed E-state index contributed by atoms with van der Waals surface area (Å²) in [6.07, 6.45) is 6.34. The van der Waals surface area contributed by atoms with E-state index in [1.165, 1.54) is 6.08 Å². The zero-order chi connectivity index (χ0) is 6.69. The topological polar surface area (TPSA) is 29.4 Å². The second-order valence-electron chi connectivity index (χ2n) is 1.55. The number of rotatable bonds is 0. The van der Waals surface area contributed by atoms with Gasteiger partial charge in [0.1, 0.15) is 5.71 Å². The van der Waals surface area contributed by atoms with Gasteiger partial charge < -0.3 is 0 Å². The minimum Gasteiger partial charge on any atom is -0.287 e. The summed E-state index contributed by atoms with van der Waals surface area (Å²) in [5, 5.41) is 0. The highest BCUT2D eigenvalue weighted by Crippen LogP contribution is 1.96. The first-order valence-corrected chi connectivity index (χ1v) is 2.76. The molecule has 0 N–H and O–H groups in total. The van der Waals surface area contributed by atoms with Crippen LogP contribution in [-0.4, -0.2) is 11.5 Å². The molecule has 0 bridgehead atoms. The summed E-state index contributed by atoms with van der Waals surface area (Å²) in [4.78, 5) is 10.7. The summed E-state index contributed by atoms with van der Waals surface area (Å²) in [7, 11) is 0. The van der Waals surface area contributed by atoms with Crippen LogP contribution in [0.3, 0.4) is 0 Å². The van der Waals surface area contributed by atoms with Gasteiger partial charge in [0.05, 0.1) is 0 Å². The predicted octanol–water partition coefficient (Wildman–Crippen LogP) is 1.28. The highest BCUT2D eigenvalue weighted by molar-refractivity contribution is 6.51. The molecule has 9 heavy (non-hydrogen) atoms. The van der Waals surface area contributed by atoms with Gasteiger partial charge in [-0.15, -0.1) is 0 Å². The van der Waals surface area contributed by atoms with E-state index in [0.717, 1.165) is 0 Å². The molecule has 0 aromatic carbocycles. The van der Waals surface area contributed by atoms with E-state index in [9.17, 15) is 4.79 Å². The number of carbonyl (C=O) groups excluding carboxylic acids is 1. The zero-order valence-electron chi connectivity index (χ0n) is 4.54. The molecule has 0 aromatic heterocycles. The average molecular weight is 142 g/mol. The summed E-state index contributed by atoms with van der Waals surface area (Å²) >= 11 is 5.06. The van der Waals surface area contributed by atoms with Crippen molar-refractivity contribution in [2.24, 2.45) is 4.51 Å². The van der Waals surface area contributed by atoms with E-state index in [4.69, 9.17) is 11.8 Å². The van der Waals surface area contributed by atoms with Gasteiger partial charge in [-0.25, -0.2) is 0 Å². The number of carbonyl (C=O) groups is 1. The van der Waals surface area contributed by atoms with Gasteiger partial charge in [-0.1, -0.05) is 12.2 Å². The maximum atomic E-state index is 10.7. The lowest BCUT2D eigenvalue weighted by Gasteiger charge is -1.93. The van der Waals surface area contributed by atoms with Crippen LogP contribution in [0.4, 0.5) is 0 Å². The lowest BCUT2D eigenvalue weighted by Crippen LogP contribution is -2.08. The standard InChI is InChI=1S/C6H4ClNO/c7-8-5-3-1-2-4-6(5)9/h1-4H. The number of hydrogen-bond acceptors (Lipinski definition) is 2. The van der Waals surface area contributed by atoms with Gasteiger partial charge in [0.2, 0.25) is 5.78 Å². The number of hydrogen-bond donors (Lipinski definition) is 0. The van der Waals surface area contributed by atoms with E-state index in [0.29, 0.717) is 5.71 Å². The SMILES string of the molecule is O=C1C=CC=CC1=NCl. The molecule has 1 rings (SSSR count). The fourth-order valence-electron chi connectivity index (χ4n) is 0.527. The van der Waals surface area contributed by atoms with Crippen LogP contribution in [0, 0.1) is 0 Å². The van der Waals surface area contributed by atoms with Crippen molar-refractivity contribution in [3.8, 4) is 0 Å². The molecule has 0 saturated carbocycles. The summed E-state index contributed by atoms with van der Waals surface area (Å²) in [5.41, 5.74) is 0.291. The van der Waals surface area contributed by atoms with E-state index in [1.54, 1.807) is 18.2 Å². The molecule has 2 nitrogen and oxygen atoms in total. The fraction of sp³-hybridized carbons (Fsp3) is 0. The van der Waals surface area contributed by atoms with E-state index >= 15 is 0 Å². The molecule has 0 aromatic rings. The zero-order valence-corrected chi connectivity index (χ0v) is 5.30. The highest BCUT2D eigenvalue weighted by atomic mass is 35.5. The predicted molar refractivity (Wildman–Crippen MR) is 36.6 cm³/mol. The number of halogens is 1. The lowest BCUT2D eigenvalue weighted by atomic mass is 10.1. The largest absolute Gasteiger partial charge is 0.287 e. The molecule has 1 aliphatic carbocycles. The van der Waals surface area contributed by atoms with Crippen LogP contribution in [-0.2, 0) is 4.79 Å². The van der Waals surface area contributed by atoms with Gasteiger partial charge in [0.15, 0.2) is 0 Å². The molecular formula is C6H4ClNO. The molecule has 0 saturated heterocycles. The summed E-state index contributed by atoms with van der Waals surface area (Å²) in [5.74, 6) is -0.146. The molecule has 1 aliphatic rings. The van der Waals surface area contributed by atoms with Crippen LogP contribution < -0.4 is 0 Å². The molecule has 46 valence electrons. The van der Waals surface area contributed by atoms with Gasteiger partial charge in [0.25, 0.3) is 0 Å². The van der Waals surface area contributed by atoms with Gasteiger partial charge in [-0.3, -0.25) is 4.79 Å². The average Bonchev–Trinajstić information content (AvgIpc) is 1.89. The molecule has 0 aliphatic heterocycles. The Morgan fingerprint density at radius 3 is 2.44 bits per heavy atom. The van der Waals surface area contributed by atoms with Crippen LogP contribution >= 0.6 is 11.8 Å². The van der Waals surface area contributed by atoms with Crippen molar-refractivity contribution in [1.29, 1.82) is 0 Å². The maximum absolute atomic E-state index is 10.7. The summed E-state index contributed by atoms with van der Waals surface area (Å²) in [6.45, 7) is 0. The normalized spacial score (nSPS) is 21.4. The van der Waals surface area contributed by atoms with Crippen molar-refractivity contribution in [2.75, 3.05) is 0 Å². The third kappa shape index (κ3) is 1.27. The first kappa shape index (κ1) is 6.23. The fourth-order valence-corrected chi connectivity index (χ4v) is 0.667. The van der Waals surface area contributed by atoms with Crippen LogP contribution in [0.1, 0.15) is 0 Å². The molecule has 0 amide bonds. The first-order chi connectivity index (χ1) is 4.34. The molecular weight excluding hydrogens is 138 g/mol. The monoisotopic (exact) mass is 141 g/mol. The highest BCUT2D eigenvalue weighted by Gasteiger charge is 2.04. The van der Waals surface area contributed by atoms with Crippen LogP contribution in [0.2, 0.25) is 0 Å². The second kappa shape index (κ2) is 2.60. The molecule has 0 radical (unpaired) electrons. The Labute approximate surface area is 57.7 Å². The van der Waals surface area contributed by atoms with Crippen LogP contribution in [0.15, 0.2) is 28.8 Å². The summed E-state index contributed by atoms with van der Waals surface area (Å²) in [6, 6.07) is 0. The van der Waals surface area contributed by atoms with Crippen molar-refractivity contribution >= 4 is 23.3 Å². The maximum Gasteiger partial charge on any atom is 0.205 e. The van der Waals surface area contributed by atoms with E-state index in [1.807, 2.05) is 0 Å². The van der Waals surface area contributed by atoms with Gasteiger partial charge in [-0.05, 0) is 12.2 Å². The van der Waals surface area contributed by atoms with Crippen molar-refractivity contribution in [1.82, 2.24) is 0 Å². The molecule has 0 heterocycles. The van der Waals surface area contributed by atoms with Gasteiger partial charge in [-0.2, -0.15) is 4.51 Å². The molecule has 0 atom stereocenters. The second-order valence-corrected chi connectivity index (χ2v) is 1.72. The third-order valence-corrected chi connectivity index (χ3v) is 1.14. The lowest BCUT2D eigenvalue weighted by molar-refractivity contribution is -0.108. The van der Waals surface area contributed by atoms with Gasteiger partial charge in [0, 0.05) is 11.8 Å². The summed E-state index contributed by atoms with van der Waals surface area (Å²) < 4.78 is 3.23. The van der Waals surface area contributed by atoms with Crippen LogP contribution in [0.25, 0.3) is 0 Å². The minimum atomic E-state index is -0.146. The van der Waals surface area contributed by atoms with Crippen molar-refractivity contribution in [3.63, 3.8) is 0 Å². The van der Waals surface area contributed by atoms with Crippen molar-refractivity contribution in [3.05, 3.63) is 24.3 Å². The van der Waals surface area contributed by atoms with Crippen LogP contribution in [0.5, 0.6) is 0 Å². The van der Waals surface area contributed by atoms with E-state index < -0.39 is 0 Å². The third-order valence-electron chi connectivity index (χ3n) is 0.956. The number of nitrogens with zero attached hydrogens (tertiary/aromatic N) is 1. The Bertz CT molecular complexity index is 215. The molecule has 3 heteroatoms. The Morgan fingerprint density at radius 2 is 2.00 bits per heavy atom. The first-order valence-electron chi connectivity index (χ1n) is 2.42. The van der Waals surface area contributed by atoms with Crippen molar-refractivity contribution in [2.45, 2.75) is 0 Å². The molecule has 0 fully saturated rings. The van der Waals surface area contributed by atoms with E-state index in [-0.39, 0.29) is 5.78 Å². The minimum absolute atomic E-state index is 0.146. The Balaban J connectivity index is 2.91. The number of allylic oxidation sites excluding steroid dienone is 4. The quantitative estimate of drug-likeness (QED) is 0.468. The van der Waals surface area contributed by atoms with Gasteiger partial charge >= 0.3 is 0 Å². The Kier molecular flexibility index (Phi) is 1.80. The molecule has 0 spiro atoms. The smallest absolute Gasteiger partial charge is 0.205 e. The van der Waals surface area contributed by atoms with Crippen molar-refractivity contribution < 1.29 is 4.79 Å². The number of ketones is 1. The Morgan fingerprint density at radius 1 is 1.33 bits per heavy atom. The molecule has 0 unspecified atom stereocenters. The Hall–Kier alpha value is -0.890. The van der Waals surface area contributed by atoms with E-state index in [2.05, 4.69) is 4.51 Å².